The number of thioether (sulfide) groups is 1. The van der Waals surface area contributed by atoms with Crippen molar-refractivity contribution in [3.8, 4) is 10.7 Å². The first-order chi connectivity index (χ1) is 12.2. The largest absolute Gasteiger partial charge is 0.325 e. The van der Waals surface area contributed by atoms with Gasteiger partial charge in [-0.15, -0.1) is 28.1 Å². The minimum atomic E-state index is -0.392. The van der Waals surface area contributed by atoms with E-state index in [1.807, 2.05) is 22.1 Å². The third-order valence-corrected chi connectivity index (χ3v) is 5.04. The fourth-order valence-corrected chi connectivity index (χ4v) is 3.64. The van der Waals surface area contributed by atoms with Crippen molar-refractivity contribution in [2.75, 3.05) is 11.1 Å². The van der Waals surface area contributed by atoms with E-state index < -0.39 is 5.82 Å². The van der Waals surface area contributed by atoms with Gasteiger partial charge in [0.05, 0.1) is 10.6 Å². The Hall–Kier alpha value is -2.45. The number of nitrogens with one attached hydrogen (secondary N) is 1. The summed E-state index contributed by atoms with van der Waals surface area (Å²) in [6, 6.07) is 9.71. The molecule has 0 radical (unpaired) electrons. The molecule has 0 aliphatic carbocycles. The van der Waals surface area contributed by atoms with Crippen LogP contribution in [0.1, 0.15) is 0 Å². The first kappa shape index (κ1) is 17.4. The molecule has 128 valence electrons. The van der Waals surface area contributed by atoms with Gasteiger partial charge in [0.1, 0.15) is 5.82 Å². The highest BCUT2D eigenvalue weighted by Crippen LogP contribution is 2.27. The summed E-state index contributed by atoms with van der Waals surface area (Å²) in [5.74, 6) is 0.275. The van der Waals surface area contributed by atoms with Crippen molar-refractivity contribution in [1.29, 1.82) is 0 Å². The minimum Gasteiger partial charge on any atom is -0.325 e. The number of nitrogens with zero attached hydrogens (tertiary/aromatic N) is 3. The molecular formula is C17H15FN4OS2. The quantitative estimate of drug-likeness (QED) is 0.500. The lowest BCUT2D eigenvalue weighted by Gasteiger charge is -2.07. The molecule has 1 N–H and O–H groups in total. The van der Waals surface area contributed by atoms with Crippen molar-refractivity contribution in [2.24, 2.45) is 0 Å². The molecule has 2 heterocycles. The fraction of sp³-hybridized carbons (Fsp3) is 0.118. The lowest BCUT2D eigenvalue weighted by Crippen LogP contribution is -2.14. The van der Waals surface area contributed by atoms with Gasteiger partial charge < -0.3 is 5.32 Å². The van der Waals surface area contributed by atoms with Crippen molar-refractivity contribution in [3.63, 3.8) is 0 Å². The summed E-state index contributed by atoms with van der Waals surface area (Å²) in [4.78, 5) is 13.1. The standard InChI is InChI=1S/C17H15FN4OS2/c1-2-8-22-16(14-7-4-9-24-14)20-21-17(22)25-11-15(23)19-13-6-3-5-12(18)10-13/h2-7,9-10H,1,8,11H2,(H,19,23). The van der Waals surface area contributed by atoms with Gasteiger partial charge in [-0.25, -0.2) is 4.39 Å². The third kappa shape index (κ3) is 4.34. The molecule has 2 aromatic heterocycles. The Morgan fingerprint density at radius 1 is 1.36 bits per heavy atom. The second kappa shape index (κ2) is 8.09. The molecule has 5 nitrogen and oxygen atoms in total. The van der Waals surface area contributed by atoms with Crippen LogP contribution in [0.5, 0.6) is 0 Å². The summed E-state index contributed by atoms with van der Waals surface area (Å²) in [5, 5.41) is 13.7. The number of amides is 1. The van der Waals surface area contributed by atoms with Crippen molar-refractivity contribution in [2.45, 2.75) is 11.7 Å². The normalized spacial score (nSPS) is 10.6. The zero-order valence-electron chi connectivity index (χ0n) is 13.2. The van der Waals surface area contributed by atoms with Crippen LogP contribution in [0.4, 0.5) is 10.1 Å². The lowest BCUT2D eigenvalue weighted by molar-refractivity contribution is -0.113. The van der Waals surface area contributed by atoms with E-state index in [1.54, 1.807) is 29.5 Å². The Morgan fingerprint density at radius 3 is 2.96 bits per heavy atom. The van der Waals surface area contributed by atoms with Crippen LogP contribution < -0.4 is 5.32 Å². The zero-order valence-corrected chi connectivity index (χ0v) is 14.8. The molecule has 3 aromatic rings. The molecule has 25 heavy (non-hydrogen) atoms. The topological polar surface area (TPSA) is 59.8 Å². The molecule has 0 saturated heterocycles. The van der Waals surface area contributed by atoms with Crippen LogP contribution >= 0.6 is 23.1 Å². The van der Waals surface area contributed by atoms with E-state index in [1.165, 1.54) is 23.9 Å². The number of rotatable bonds is 7. The maximum atomic E-state index is 13.2. The number of allylic oxidation sites excluding steroid dienone is 1. The van der Waals surface area contributed by atoms with Crippen LogP contribution in [0.15, 0.2) is 59.6 Å². The maximum Gasteiger partial charge on any atom is 0.234 e. The molecule has 0 bridgehead atoms. The Bertz CT molecular complexity index is 877. The van der Waals surface area contributed by atoms with Crippen molar-refractivity contribution >= 4 is 34.7 Å². The van der Waals surface area contributed by atoms with Crippen molar-refractivity contribution in [3.05, 3.63) is 60.3 Å². The molecule has 1 amide bonds. The molecule has 0 saturated carbocycles. The van der Waals surface area contributed by atoms with E-state index >= 15 is 0 Å². The summed E-state index contributed by atoms with van der Waals surface area (Å²) < 4.78 is 15.1. The van der Waals surface area contributed by atoms with Crippen LogP contribution in [0.2, 0.25) is 0 Å². The third-order valence-electron chi connectivity index (χ3n) is 3.21. The smallest absolute Gasteiger partial charge is 0.234 e. The molecule has 0 aliphatic rings. The molecule has 3 rings (SSSR count). The molecule has 0 fully saturated rings. The second-order valence-corrected chi connectivity index (χ2v) is 6.92. The van der Waals surface area contributed by atoms with Gasteiger partial charge in [-0.1, -0.05) is 30.0 Å². The summed E-state index contributed by atoms with van der Waals surface area (Å²) in [6.07, 6.45) is 1.76. The van der Waals surface area contributed by atoms with E-state index in [4.69, 9.17) is 0 Å². The maximum absolute atomic E-state index is 13.2. The number of halogens is 1. The Kier molecular flexibility index (Phi) is 5.62. The average Bonchev–Trinajstić information content (AvgIpc) is 3.23. The van der Waals surface area contributed by atoms with E-state index in [0.717, 1.165) is 10.7 Å². The highest BCUT2D eigenvalue weighted by Gasteiger charge is 2.15. The lowest BCUT2D eigenvalue weighted by atomic mass is 10.3. The highest BCUT2D eigenvalue weighted by molar-refractivity contribution is 7.99. The Labute approximate surface area is 152 Å². The molecule has 0 spiro atoms. The summed E-state index contributed by atoms with van der Waals surface area (Å²) in [5.41, 5.74) is 0.428. The van der Waals surface area contributed by atoms with E-state index in [2.05, 4.69) is 22.1 Å². The first-order valence-corrected chi connectivity index (χ1v) is 9.30. The van der Waals surface area contributed by atoms with Gasteiger partial charge in [-0.3, -0.25) is 9.36 Å². The number of hydrogen-bond acceptors (Lipinski definition) is 5. The van der Waals surface area contributed by atoms with Gasteiger partial charge >= 0.3 is 0 Å². The zero-order chi connectivity index (χ0) is 17.6. The monoisotopic (exact) mass is 374 g/mol. The van der Waals surface area contributed by atoms with E-state index in [-0.39, 0.29) is 11.7 Å². The number of benzene rings is 1. The number of hydrogen-bond donors (Lipinski definition) is 1. The van der Waals surface area contributed by atoms with Gasteiger partial charge in [0.2, 0.25) is 5.91 Å². The van der Waals surface area contributed by atoms with Crippen LogP contribution in [0.25, 0.3) is 10.7 Å². The first-order valence-electron chi connectivity index (χ1n) is 7.43. The number of anilines is 1. The summed E-state index contributed by atoms with van der Waals surface area (Å²) in [7, 11) is 0. The van der Waals surface area contributed by atoms with Crippen LogP contribution in [-0.4, -0.2) is 26.4 Å². The number of thiophene rings is 1. The van der Waals surface area contributed by atoms with Gasteiger partial charge in [0.25, 0.3) is 0 Å². The van der Waals surface area contributed by atoms with E-state index in [0.29, 0.717) is 17.4 Å². The predicted octanol–water partition coefficient (Wildman–Crippen LogP) is 4.06. The summed E-state index contributed by atoms with van der Waals surface area (Å²) in [6.45, 7) is 4.31. The highest BCUT2D eigenvalue weighted by atomic mass is 32.2. The van der Waals surface area contributed by atoms with Gasteiger partial charge in [-0.2, -0.15) is 0 Å². The Balaban J connectivity index is 1.68. The fourth-order valence-electron chi connectivity index (χ4n) is 2.17. The average molecular weight is 374 g/mol. The molecular weight excluding hydrogens is 359 g/mol. The van der Waals surface area contributed by atoms with Gasteiger partial charge in [0, 0.05) is 12.2 Å². The van der Waals surface area contributed by atoms with Crippen molar-refractivity contribution in [1.82, 2.24) is 14.8 Å². The van der Waals surface area contributed by atoms with Crippen LogP contribution in [-0.2, 0) is 11.3 Å². The number of aromatic nitrogens is 3. The van der Waals surface area contributed by atoms with Gasteiger partial charge in [0.15, 0.2) is 11.0 Å². The van der Waals surface area contributed by atoms with Gasteiger partial charge in [-0.05, 0) is 29.6 Å². The molecule has 0 atom stereocenters. The molecule has 0 unspecified atom stereocenters. The minimum absolute atomic E-state index is 0.149. The SMILES string of the molecule is C=CCn1c(SCC(=O)Nc2cccc(F)c2)nnc1-c1cccs1. The number of carbonyl (C=O) groups is 1. The van der Waals surface area contributed by atoms with Crippen molar-refractivity contribution < 1.29 is 9.18 Å². The summed E-state index contributed by atoms with van der Waals surface area (Å²) >= 11 is 2.85. The number of carbonyl (C=O) groups excluding carboxylic acids is 1. The molecule has 1 aromatic carbocycles. The Morgan fingerprint density at radius 2 is 2.24 bits per heavy atom. The molecule has 0 aliphatic heterocycles. The molecule has 8 heteroatoms. The predicted molar refractivity (Wildman–Crippen MR) is 99.3 cm³/mol. The van der Waals surface area contributed by atoms with Crippen LogP contribution in [0, 0.1) is 5.82 Å². The van der Waals surface area contributed by atoms with Crippen LogP contribution in [0.3, 0.4) is 0 Å². The second-order valence-electron chi connectivity index (χ2n) is 5.03. The van der Waals surface area contributed by atoms with E-state index in [9.17, 15) is 9.18 Å².